The molecule has 4 nitrogen and oxygen atoms in total. The van der Waals surface area contributed by atoms with Gasteiger partial charge in [-0.3, -0.25) is 9.36 Å². The maximum absolute atomic E-state index is 13.6. The standard InChI is InChI=1S/C24H18ClN3O/c1-15-21(23(29)16-9-3-2-4-10-16)22(17-11-5-6-12-18(17)25)28-20-14-8-7-13-19(20)27-24(28)26-15/h2-14,22H,1H3,(H,26,27)/t22-/m0/s1. The van der Waals surface area contributed by atoms with E-state index >= 15 is 0 Å². The number of aromatic nitrogens is 2. The first kappa shape index (κ1) is 17.7. The summed E-state index contributed by atoms with van der Waals surface area (Å²) in [6.07, 6.45) is 0. The minimum atomic E-state index is -0.375. The molecule has 142 valence electrons. The third-order valence-corrected chi connectivity index (χ3v) is 5.66. The summed E-state index contributed by atoms with van der Waals surface area (Å²) in [5.41, 5.74) is 4.79. The van der Waals surface area contributed by atoms with Gasteiger partial charge in [0.2, 0.25) is 5.95 Å². The SMILES string of the molecule is CC1=C(C(=O)c2ccccc2)[C@H](c2ccccc2Cl)n2c(nc3ccccc32)N1. The van der Waals surface area contributed by atoms with Crippen molar-refractivity contribution in [3.8, 4) is 0 Å². The number of imidazole rings is 1. The summed E-state index contributed by atoms with van der Waals surface area (Å²) in [7, 11) is 0. The Hall–Kier alpha value is -3.37. The fourth-order valence-electron chi connectivity index (χ4n) is 3.99. The highest BCUT2D eigenvalue weighted by Gasteiger charge is 2.35. The van der Waals surface area contributed by atoms with Crippen molar-refractivity contribution in [1.82, 2.24) is 9.55 Å². The zero-order valence-electron chi connectivity index (χ0n) is 15.8. The number of nitrogens with zero attached hydrogens (tertiary/aromatic N) is 2. The average molecular weight is 400 g/mol. The molecule has 1 aliphatic rings. The number of nitrogens with one attached hydrogen (secondary N) is 1. The third-order valence-electron chi connectivity index (χ3n) is 5.31. The van der Waals surface area contributed by atoms with Gasteiger partial charge in [-0.05, 0) is 30.7 Å². The summed E-state index contributed by atoms with van der Waals surface area (Å²) in [5.74, 6) is 0.683. The largest absolute Gasteiger partial charge is 0.329 e. The molecule has 0 fully saturated rings. The number of hydrogen-bond acceptors (Lipinski definition) is 3. The first-order chi connectivity index (χ1) is 14.1. The summed E-state index contributed by atoms with van der Waals surface area (Å²) in [6.45, 7) is 1.92. The molecule has 0 bridgehead atoms. The monoisotopic (exact) mass is 399 g/mol. The van der Waals surface area contributed by atoms with Gasteiger partial charge in [0.1, 0.15) is 0 Å². The minimum Gasteiger partial charge on any atom is -0.329 e. The second-order valence-corrected chi connectivity index (χ2v) is 7.48. The number of halogens is 1. The number of carbonyl (C=O) groups is 1. The second-order valence-electron chi connectivity index (χ2n) is 7.08. The highest BCUT2D eigenvalue weighted by atomic mass is 35.5. The van der Waals surface area contributed by atoms with Crippen LogP contribution in [0.15, 0.2) is 90.1 Å². The van der Waals surface area contributed by atoms with Crippen LogP contribution >= 0.6 is 11.6 Å². The molecule has 5 rings (SSSR count). The Morgan fingerprint density at radius 3 is 2.45 bits per heavy atom. The van der Waals surface area contributed by atoms with Crippen LogP contribution in [0.2, 0.25) is 5.02 Å². The number of carbonyl (C=O) groups excluding carboxylic acids is 1. The van der Waals surface area contributed by atoms with E-state index in [1.807, 2.05) is 85.8 Å². The van der Waals surface area contributed by atoms with Gasteiger partial charge in [0.25, 0.3) is 0 Å². The molecule has 2 heterocycles. The molecule has 0 unspecified atom stereocenters. The van der Waals surface area contributed by atoms with Crippen molar-refractivity contribution in [2.75, 3.05) is 5.32 Å². The van der Waals surface area contributed by atoms with E-state index in [9.17, 15) is 4.79 Å². The number of ketones is 1. The highest BCUT2D eigenvalue weighted by Crippen LogP contribution is 2.42. The van der Waals surface area contributed by atoms with Crippen molar-refractivity contribution in [2.24, 2.45) is 0 Å². The summed E-state index contributed by atoms with van der Waals surface area (Å²) in [6, 6.07) is 24.6. The van der Waals surface area contributed by atoms with Gasteiger partial charge in [-0.15, -0.1) is 0 Å². The lowest BCUT2D eigenvalue weighted by Gasteiger charge is -2.31. The lowest BCUT2D eigenvalue weighted by atomic mass is 9.89. The van der Waals surface area contributed by atoms with Crippen molar-refractivity contribution in [3.63, 3.8) is 0 Å². The van der Waals surface area contributed by atoms with Gasteiger partial charge in [0.05, 0.1) is 17.1 Å². The fourth-order valence-corrected chi connectivity index (χ4v) is 4.23. The minimum absolute atomic E-state index is 0.0241. The van der Waals surface area contributed by atoms with Gasteiger partial charge in [0, 0.05) is 21.9 Å². The lowest BCUT2D eigenvalue weighted by molar-refractivity contribution is 0.102. The maximum Gasteiger partial charge on any atom is 0.209 e. The molecule has 1 aromatic heterocycles. The van der Waals surface area contributed by atoms with E-state index in [1.165, 1.54) is 0 Å². The van der Waals surface area contributed by atoms with Crippen LogP contribution in [0.1, 0.15) is 28.9 Å². The summed E-state index contributed by atoms with van der Waals surface area (Å²) in [5, 5.41) is 3.96. The van der Waals surface area contributed by atoms with Crippen molar-refractivity contribution >= 4 is 34.4 Å². The van der Waals surface area contributed by atoms with E-state index in [1.54, 1.807) is 0 Å². The highest BCUT2D eigenvalue weighted by molar-refractivity contribution is 6.31. The Kier molecular flexibility index (Phi) is 4.22. The number of fused-ring (bicyclic) bond motifs is 3. The van der Waals surface area contributed by atoms with Gasteiger partial charge < -0.3 is 5.32 Å². The average Bonchev–Trinajstić information content (AvgIpc) is 3.11. The summed E-state index contributed by atoms with van der Waals surface area (Å²) in [4.78, 5) is 18.3. The first-order valence-electron chi connectivity index (χ1n) is 9.44. The number of anilines is 1. The van der Waals surface area contributed by atoms with E-state index in [-0.39, 0.29) is 11.8 Å². The Morgan fingerprint density at radius 1 is 0.966 bits per heavy atom. The van der Waals surface area contributed by atoms with Gasteiger partial charge in [0.15, 0.2) is 5.78 Å². The van der Waals surface area contributed by atoms with Crippen molar-refractivity contribution in [2.45, 2.75) is 13.0 Å². The molecule has 0 spiro atoms. The van der Waals surface area contributed by atoms with Gasteiger partial charge in [-0.1, -0.05) is 72.3 Å². The van der Waals surface area contributed by atoms with Crippen LogP contribution in [-0.2, 0) is 0 Å². The topological polar surface area (TPSA) is 46.9 Å². The summed E-state index contributed by atoms with van der Waals surface area (Å²) < 4.78 is 2.07. The number of para-hydroxylation sites is 2. The summed E-state index contributed by atoms with van der Waals surface area (Å²) >= 11 is 6.62. The normalized spacial score (nSPS) is 15.9. The van der Waals surface area contributed by atoms with E-state index < -0.39 is 0 Å². The molecule has 4 aromatic rings. The van der Waals surface area contributed by atoms with Crippen molar-refractivity contribution < 1.29 is 4.79 Å². The molecular weight excluding hydrogens is 382 g/mol. The Morgan fingerprint density at radius 2 is 1.66 bits per heavy atom. The maximum atomic E-state index is 13.6. The predicted octanol–water partition coefficient (Wildman–Crippen LogP) is 5.86. The molecule has 0 saturated carbocycles. The van der Waals surface area contributed by atoms with Gasteiger partial charge in [-0.2, -0.15) is 0 Å². The van der Waals surface area contributed by atoms with E-state index in [0.29, 0.717) is 22.1 Å². The number of benzene rings is 3. The fraction of sp³-hybridized carbons (Fsp3) is 0.0833. The van der Waals surface area contributed by atoms with Gasteiger partial charge >= 0.3 is 0 Å². The predicted molar refractivity (Wildman–Crippen MR) is 116 cm³/mol. The number of allylic oxidation sites excluding steroid dienone is 2. The van der Waals surface area contributed by atoms with Crippen LogP contribution in [0.4, 0.5) is 5.95 Å². The second kappa shape index (κ2) is 6.90. The first-order valence-corrected chi connectivity index (χ1v) is 9.82. The molecule has 0 saturated heterocycles. The van der Waals surface area contributed by atoms with Crippen LogP contribution in [0, 0.1) is 0 Å². The molecule has 1 aliphatic heterocycles. The lowest BCUT2D eigenvalue weighted by Crippen LogP contribution is -2.28. The Bertz CT molecular complexity index is 1270. The third kappa shape index (κ3) is 2.84. The number of rotatable bonds is 3. The van der Waals surface area contributed by atoms with Crippen LogP contribution in [-0.4, -0.2) is 15.3 Å². The molecule has 0 radical (unpaired) electrons. The van der Waals surface area contributed by atoms with Gasteiger partial charge in [-0.25, -0.2) is 4.98 Å². The molecule has 3 aromatic carbocycles. The smallest absolute Gasteiger partial charge is 0.209 e. The molecule has 1 N–H and O–H groups in total. The zero-order chi connectivity index (χ0) is 20.0. The van der Waals surface area contributed by atoms with E-state index in [0.717, 1.165) is 22.3 Å². The van der Waals surface area contributed by atoms with Crippen LogP contribution in [0.5, 0.6) is 0 Å². The molecule has 0 aliphatic carbocycles. The van der Waals surface area contributed by atoms with E-state index in [4.69, 9.17) is 16.6 Å². The van der Waals surface area contributed by atoms with Crippen LogP contribution in [0.25, 0.3) is 11.0 Å². The Labute approximate surface area is 173 Å². The molecular formula is C24H18ClN3O. The Balaban J connectivity index is 1.79. The van der Waals surface area contributed by atoms with Crippen LogP contribution < -0.4 is 5.32 Å². The van der Waals surface area contributed by atoms with Crippen molar-refractivity contribution in [1.29, 1.82) is 0 Å². The van der Waals surface area contributed by atoms with E-state index in [2.05, 4.69) is 9.88 Å². The number of hydrogen-bond donors (Lipinski definition) is 1. The molecule has 29 heavy (non-hydrogen) atoms. The number of Topliss-reactive ketones (excluding diaryl/α,β-unsaturated/α-hetero) is 1. The van der Waals surface area contributed by atoms with Crippen molar-refractivity contribution in [3.05, 3.63) is 106 Å². The zero-order valence-corrected chi connectivity index (χ0v) is 16.5. The van der Waals surface area contributed by atoms with Crippen LogP contribution in [0.3, 0.4) is 0 Å². The molecule has 0 amide bonds. The molecule has 5 heteroatoms. The molecule has 1 atom stereocenters. The quantitative estimate of drug-likeness (QED) is 0.439.